The van der Waals surface area contributed by atoms with E-state index in [1.807, 2.05) is 0 Å². The molecule has 16 heavy (non-hydrogen) atoms. The third kappa shape index (κ3) is 3.76. The summed E-state index contributed by atoms with van der Waals surface area (Å²) < 4.78 is 13.4. The third-order valence-corrected chi connectivity index (χ3v) is 2.96. The minimum atomic E-state index is -0.764. The van der Waals surface area contributed by atoms with Crippen LogP contribution in [0.25, 0.3) is 0 Å². The maximum atomic E-state index is 13.4. The van der Waals surface area contributed by atoms with Crippen molar-refractivity contribution in [2.45, 2.75) is 39.2 Å². The van der Waals surface area contributed by atoms with Crippen LogP contribution in [0.4, 0.5) is 4.39 Å². The molecule has 0 aliphatic rings. The highest BCUT2D eigenvalue weighted by Crippen LogP contribution is 2.27. The van der Waals surface area contributed by atoms with Crippen molar-refractivity contribution in [3.05, 3.63) is 34.6 Å². The summed E-state index contributed by atoms with van der Waals surface area (Å²) in [5.41, 5.74) is 0.301. The molecule has 0 heterocycles. The van der Waals surface area contributed by atoms with Crippen LogP contribution in [-0.2, 0) is 0 Å². The molecule has 0 bridgehead atoms. The Morgan fingerprint density at radius 1 is 1.44 bits per heavy atom. The molecule has 1 aromatic carbocycles. The van der Waals surface area contributed by atoms with Crippen molar-refractivity contribution in [1.29, 1.82) is 0 Å². The quantitative estimate of drug-likeness (QED) is 0.817. The van der Waals surface area contributed by atoms with Crippen LogP contribution in [0.2, 0.25) is 5.02 Å². The van der Waals surface area contributed by atoms with Crippen molar-refractivity contribution < 1.29 is 9.50 Å². The molecule has 0 fully saturated rings. The molecule has 2 atom stereocenters. The summed E-state index contributed by atoms with van der Waals surface area (Å²) in [6, 6.07) is 4.29. The molecule has 1 rings (SSSR count). The van der Waals surface area contributed by atoms with Gasteiger partial charge in [-0.3, -0.25) is 0 Å². The average molecular weight is 245 g/mol. The molecule has 0 aliphatic heterocycles. The molecule has 0 aromatic heterocycles. The monoisotopic (exact) mass is 244 g/mol. The Hall–Kier alpha value is -0.600. The fourth-order valence-corrected chi connectivity index (χ4v) is 2.07. The molecule has 0 radical (unpaired) electrons. The SMILES string of the molecule is CCCC(C)CC(O)c1cc(Cl)ccc1F. The van der Waals surface area contributed by atoms with Crippen LogP contribution in [0.3, 0.4) is 0 Å². The van der Waals surface area contributed by atoms with Crippen molar-refractivity contribution in [3.8, 4) is 0 Å². The van der Waals surface area contributed by atoms with Crippen LogP contribution in [0.1, 0.15) is 44.8 Å². The summed E-state index contributed by atoms with van der Waals surface area (Å²) in [6.07, 6.45) is 1.93. The van der Waals surface area contributed by atoms with Gasteiger partial charge in [0, 0.05) is 10.6 Å². The predicted molar refractivity (Wildman–Crippen MR) is 65.1 cm³/mol. The second kappa shape index (κ2) is 6.21. The van der Waals surface area contributed by atoms with Gasteiger partial charge in [-0.05, 0) is 30.5 Å². The molecule has 90 valence electrons. The topological polar surface area (TPSA) is 20.2 Å². The fourth-order valence-electron chi connectivity index (χ4n) is 1.89. The summed E-state index contributed by atoms with van der Waals surface area (Å²) in [7, 11) is 0. The van der Waals surface area contributed by atoms with E-state index in [2.05, 4.69) is 13.8 Å². The Morgan fingerprint density at radius 2 is 2.12 bits per heavy atom. The molecule has 2 unspecified atom stereocenters. The van der Waals surface area contributed by atoms with Gasteiger partial charge in [-0.2, -0.15) is 0 Å². The number of benzene rings is 1. The van der Waals surface area contributed by atoms with Crippen LogP contribution in [-0.4, -0.2) is 5.11 Å². The normalized spacial score (nSPS) is 14.8. The maximum absolute atomic E-state index is 13.4. The molecule has 0 saturated heterocycles. The van der Waals surface area contributed by atoms with E-state index in [9.17, 15) is 9.50 Å². The Kier molecular flexibility index (Phi) is 5.23. The van der Waals surface area contributed by atoms with Crippen molar-refractivity contribution in [3.63, 3.8) is 0 Å². The fraction of sp³-hybridized carbons (Fsp3) is 0.538. The molecule has 1 N–H and O–H groups in total. The molecule has 0 amide bonds. The summed E-state index contributed by atoms with van der Waals surface area (Å²) in [5, 5.41) is 10.4. The number of hydrogen-bond donors (Lipinski definition) is 1. The van der Waals surface area contributed by atoms with Crippen LogP contribution < -0.4 is 0 Å². The van der Waals surface area contributed by atoms with E-state index in [0.29, 0.717) is 22.9 Å². The molecule has 0 saturated carbocycles. The van der Waals surface area contributed by atoms with Crippen LogP contribution >= 0.6 is 11.6 Å². The van der Waals surface area contributed by atoms with Crippen molar-refractivity contribution in [2.24, 2.45) is 5.92 Å². The number of halogens is 2. The zero-order chi connectivity index (χ0) is 12.1. The zero-order valence-corrected chi connectivity index (χ0v) is 10.5. The second-order valence-electron chi connectivity index (χ2n) is 4.31. The van der Waals surface area contributed by atoms with Gasteiger partial charge < -0.3 is 5.11 Å². The summed E-state index contributed by atoms with van der Waals surface area (Å²) in [6.45, 7) is 4.16. The van der Waals surface area contributed by atoms with Crippen LogP contribution in [0, 0.1) is 11.7 Å². The van der Waals surface area contributed by atoms with E-state index >= 15 is 0 Å². The van der Waals surface area contributed by atoms with Gasteiger partial charge in [-0.1, -0.05) is 38.3 Å². The highest BCUT2D eigenvalue weighted by molar-refractivity contribution is 6.30. The molecular weight excluding hydrogens is 227 g/mol. The first kappa shape index (κ1) is 13.5. The standard InChI is InChI=1S/C13H18ClFO/c1-3-4-9(2)7-13(16)11-8-10(14)5-6-12(11)15/h5-6,8-9,13,16H,3-4,7H2,1-2H3. The Bertz CT molecular complexity index is 341. The largest absolute Gasteiger partial charge is 0.388 e. The Labute approximate surface area is 101 Å². The first-order valence-electron chi connectivity index (χ1n) is 5.67. The van der Waals surface area contributed by atoms with Gasteiger partial charge in [-0.25, -0.2) is 4.39 Å². The van der Waals surface area contributed by atoms with Gasteiger partial charge in [-0.15, -0.1) is 0 Å². The highest BCUT2D eigenvalue weighted by atomic mass is 35.5. The van der Waals surface area contributed by atoms with Crippen molar-refractivity contribution >= 4 is 11.6 Å². The number of rotatable bonds is 5. The smallest absolute Gasteiger partial charge is 0.129 e. The van der Waals surface area contributed by atoms with E-state index in [1.165, 1.54) is 18.2 Å². The lowest BCUT2D eigenvalue weighted by molar-refractivity contribution is 0.141. The number of hydrogen-bond acceptors (Lipinski definition) is 1. The molecule has 1 aromatic rings. The Balaban J connectivity index is 2.72. The minimum Gasteiger partial charge on any atom is -0.388 e. The lowest BCUT2D eigenvalue weighted by atomic mass is 9.95. The lowest BCUT2D eigenvalue weighted by Gasteiger charge is -2.16. The van der Waals surface area contributed by atoms with E-state index < -0.39 is 6.10 Å². The molecule has 0 aliphatic carbocycles. The van der Waals surface area contributed by atoms with Gasteiger partial charge in [0.2, 0.25) is 0 Å². The number of aliphatic hydroxyl groups excluding tert-OH is 1. The van der Waals surface area contributed by atoms with Gasteiger partial charge in [0.05, 0.1) is 6.10 Å². The molecular formula is C13H18ClFO. The van der Waals surface area contributed by atoms with Crippen molar-refractivity contribution in [1.82, 2.24) is 0 Å². The molecule has 1 nitrogen and oxygen atoms in total. The van der Waals surface area contributed by atoms with E-state index in [4.69, 9.17) is 11.6 Å². The summed E-state index contributed by atoms with van der Waals surface area (Å²) in [5.74, 6) is -0.000944. The van der Waals surface area contributed by atoms with Crippen molar-refractivity contribution in [2.75, 3.05) is 0 Å². The summed E-state index contributed by atoms with van der Waals surface area (Å²) in [4.78, 5) is 0. The van der Waals surface area contributed by atoms with Crippen LogP contribution in [0.15, 0.2) is 18.2 Å². The Morgan fingerprint density at radius 3 is 2.75 bits per heavy atom. The first-order chi connectivity index (χ1) is 7.54. The molecule has 0 spiro atoms. The maximum Gasteiger partial charge on any atom is 0.129 e. The van der Waals surface area contributed by atoms with Crippen LogP contribution in [0.5, 0.6) is 0 Å². The second-order valence-corrected chi connectivity index (χ2v) is 4.75. The van der Waals surface area contributed by atoms with Gasteiger partial charge >= 0.3 is 0 Å². The van der Waals surface area contributed by atoms with Gasteiger partial charge in [0.1, 0.15) is 5.82 Å². The van der Waals surface area contributed by atoms with E-state index in [-0.39, 0.29) is 5.82 Å². The van der Waals surface area contributed by atoms with E-state index in [0.717, 1.165) is 12.8 Å². The lowest BCUT2D eigenvalue weighted by Crippen LogP contribution is -2.06. The minimum absolute atomic E-state index is 0.301. The first-order valence-corrected chi connectivity index (χ1v) is 6.05. The summed E-state index contributed by atoms with van der Waals surface area (Å²) >= 11 is 5.78. The van der Waals surface area contributed by atoms with Gasteiger partial charge in [0.15, 0.2) is 0 Å². The average Bonchev–Trinajstić information content (AvgIpc) is 2.21. The predicted octanol–water partition coefficient (Wildman–Crippen LogP) is 4.34. The van der Waals surface area contributed by atoms with E-state index in [1.54, 1.807) is 0 Å². The molecule has 3 heteroatoms. The number of aliphatic hydroxyl groups is 1. The third-order valence-electron chi connectivity index (χ3n) is 2.72. The van der Waals surface area contributed by atoms with Gasteiger partial charge in [0.25, 0.3) is 0 Å². The highest BCUT2D eigenvalue weighted by Gasteiger charge is 2.16. The zero-order valence-electron chi connectivity index (χ0n) is 9.71.